The number of carbonyl (C=O) groups excluding carboxylic acids is 3. The summed E-state index contributed by atoms with van der Waals surface area (Å²) in [5.41, 5.74) is 1.18. The number of hydrogen-bond donors (Lipinski definition) is 2. The Labute approximate surface area is 143 Å². The van der Waals surface area contributed by atoms with E-state index in [2.05, 4.69) is 10.6 Å². The molecule has 0 bridgehead atoms. The molecular formula is C17H18N2O4S. The molecular weight excluding hydrogens is 328 g/mol. The van der Waals surface area contributed by atoms with Crippen LogP contribution in [0.2, 0.25) is 0 Å². The summed E-state index contributed by atoms with van der Waals surface area (Å²) in [5.74, 6) is -1.11. The van der Waals surface area contributed by atoms with E-state index in [0.29, 0.717) is 16.3 Å². The number of nitrogens with one attached hydrogen (secondary N) is 2. The van der Waals surface area contributed by atoms with Crippen molar-refractivity contribution in [3.05, 3.63) is 46.2 Å². The molecule has 7 heteroatoms. The van der Waals surface area contributed by atoms with E-state index in [-0.39, 0.29) is 5.91 Å². The van der Waals surface area contributed by atoms with Gasteiger partial charge in [0.1, 0.15) is 4.88 Å². The summed E-state index contributed by atoms with van der Waals surface area (Å²) < 4.78 is 5.16. The summed E-state index contributed by atoms with van der Waals surface area (Å²) in [6.45, 7) is 4.82. The van der Waals surface area contributed by atoms with Crippen LogP contribution in [0, 0.1) is 6.92 Å². The molecule has 0 saturated heterocycles. The lowest BCUT2D eigenvalue weighted by Gasteiger charge is -2.13. The van der Waals surface area contributed by atoms with Crippen molar-refractivity contribution in [2.24, 2.45) is 0 Å². The highest BCUT2D eigenvalue weighted by Gasteiger charge is 2.20. The van der Waals surface area contributed by atoms with Crippen LogP contribution in [0.3, 0.4) is 0 Å². The maximum atomic E-state index is 12.1. The van der Waals surface area contributed by atoms with Crippen LogP contribution in [-0.4, -0.2) is 23.9 Å². The Morgan fingerprint density at radius 2 is 1.58 bits per heavy atom. The van der Waals surface area contributed by atoms with Crippen molar-refractivity contribution < 1.29 is 19.1 Å². The lowest BCUT2D eigenvalue weighted by Crippen LogP contribution is -2.29. The minimum absolute atomic E-state index is 0.170. The first-order valence-corrected chi connectivity index (χ1v) is 8.13. The van der Waals surface area contributed by atoms with Gasteiger partial charge in [-0.05, 0) is 50.2 Å². The number of amides is 2. The number of aryl methyl sites for hydroxylation is 1. The van der Waals surface area contributed by atoms with E-state index in [4.69, 9.17) is 4.74 Å². The average Bonchev–Trinajstić information content (AvgIpc) is 2.95. The molecule has 1 aromatic heterocycles. The van der Waals surface area contributed by atoms with E-state index in [1.54, 1.807) is 30.3 Å². The summed E-state index contributed by atoms with van der Waals surface area (Å²) in [6.07, 6.45) is -0.921. The largest absolute Gasteiger partial charge is 0.448 e. The second kappa shape index (κ2) is 7.74. The molecule has 2 aromatic rings. The Balaban J connectivity index is 1.91. The zero-order valence-electron chi connectivity index (χ0n) is 13.6. The SMILES string of the molecule is CC(=O)Nc1ccc(NC(=O)[C@H](C)OC(=O)c2ccc(C)s2)cc1. The van der Waals surface area contributed by atoms with Crippen molar-refractivity contribution in [2.45, 2.75) is 26.9 Å². The van der Waals surface area contributed by atoms with Crippen LogP contribution in [0.4, 0.5) is 11.4 Å². The van der Waals surface area contributed by atoms with Crippen molar-refractivity contribution in [1.82, 2.24) is 0 Å². The van der Waals surface area contributed by atoms with E-state index in [0.717, 1.165) is 4.88 Å². The molecule has 0 unspecified atom stereocenters. The van der Waals surface area contributed by atoms with Crippen molar-refractivity contribution in [1.29, 1.82) is 0 Å². The number of benzene rings is 1. The fourth-order valence-electron chi connectivity index (χ4n) is 1.90. The third kappa shape index (κ3) is 4.92. The van der Waals surface area contributed by atoms with Gasteiger partial charge in [-0.2, -0.15) is 0 Å². The molecule has 2 amide bonds. The number of anilines is 2. The molecule has 0 aliphatic rings. The Hall–Kier alpha value is -2.67. The number of thiophene rings is 1. The molecule has 2 rings (SSSR count). The smallest absolute Gasteiger partial charge is 0.349 e. The first-order chi connectivity index (χ1) is 11.3. The quantitative estimate of drug-likeness (QED) is 0.814. The summed E-state index contributed by atoms with van der Waals surface area (Å²) in [6, 6.07) is 10.1. The fourth-order valence-corrected chi connectivity index (χ4v) is 2.65. The van der Waals surface area contributed by atoms with Gasteiger partial charge in [0.25, 0.3) is 5.91 Å². The maximum Gasteiger partial charge on any atom is 0.349 e. The molecule has 24 heavy (non-hydrogen) atoms. The molecule has 1 heterocycles. The van der Waals surface area contributed by atoms with Gasteiger partial charge >= 0.3 is 5.97 Å². The van der Waals surface area contributed by atoms with Crippen LogP contribution in [0.25, 0.3) is 0 Å². The topological polar surface area (TPSA) is 84.5 Å². The van der Waals surface area contributed by atoms with Gasteiger partial charge in [-0.1, -0.05) is 0 Å². The highest BCUT2D eigenvalue weighted by atomic mass is 32.1. The molecule has 126 valence electrons. The first-order valence-electron chi connectivity index (χ1n) is 7.31. The van der Waals surface area contributed by atoms with Gasteiger partial charge in [0.05, 0.1) is 0 Å². The summed E-state index contributed by atoms with van der Waals surface area (Å²) in [7, 11) is 0. The van der Waals surface area contributed by atoms with E-state index in [1.807, 2.05) is 13.0 Å². The number of hydrogen-bond acceptors (Lipinski definition) is 5. The normalized spacial score (nSPS) is 11.5. The highest BCUT2D eigenvalue weighted by molar-refractivity contribution is 7.13. The minimum Gasteiger partial charge on any atom is -0.448 e. The van der Waals surface area contributed by atoms with Gasteiger partial charge in [0, 0.05) is 23.2 Å². The molecule has 1 aromatic carbocycles. The number of carbonyl (C=O) groups is 3. The zero-order valence-corrected chi connectivity index (χ0v) is 14.4. The van der Waals surface area contributed by atoms with E-state index in [9.17, 15) is 14.4 Å². The molecule has 0 saturated carbocycles. The molecule has 0 spiro atoms. The van der Waals surface area contributed by atoms with Crippen LogP contribution in [-0.2, 0) is 14.3 Å². The van der Waals surface area contributed by atoms with Crippen molar-refractivity contribution in [3.63, 3.8) is 0 Å². The van der Waals surface area contributed by atoms with Crippen molar-refractivity contribution in [2.75, 3.05) is 10.6 Å². The third-order valence-electron chi connectivity index (χ3n) is 3.07. The lowest BCUT2D eigenvalue weighted by molar-refractivity contribution is -0.123. The predicted molar refractivity (Wildman–Crippen MR) is 93.3 cm³/mol. The number of ether oxygens (including phenoxy) is 1. The number of rotatable bonds is 5. The van der Waals surface area contributed by atoms with Crippen molar-refractivity contribution in [3.8, 4) is 0 Å². The third-order valence-corrected chi connectivity index (χ3v) is 4.05. The Bertz CT molecular complexity index is 752. The molecule has 0 aliphatic carbocycles. The maximum absolute atomic E-state index is 12.1. The zero-order chi connectivity index (χ0) is 17.7. The minimum atomic E-state index is -0.921. The number of esters is 1. The molecule has 2 N–H and O–H groups in total. The lowest BCUT2D eigenvalue weighted by atomic mass is 10.2. The Kier molecular flexibility index (Phi) is 5.70. The van der Waals surface area contributed by atoms with Gasteiger partial charge < -0.3 is 15.4 Å². The monoisotopic (exact) mass is 346 g/mol. The summed E-state index contributed by atoms with van der Waals surface area (Å²) in [4.78, 5) is 36.5. The van der Waals surface area contributed by atoms with Gasteiger partial charge in [-0.25, -0.2) is 4.79 Å². The van der Waals surface area contributed by atoms with Crippen LogP contribution in [0.5, 0.6) is 0 Å². The summed E-state index contributed by atoms with van der Waals surface area (Å²) in [5, 5.41) is 5.29. The Morgan fingerprint density at radius 1 is 1.00 bits per heavy atom. The van der Waals surface area contributed by atoms with E-state index >= 15 is 0 Å². The predicted octanol–water partition coefficient (Wildman–Crippen LogP) is 3.20. The highest BCUT2D eigenvalue weighted by Crippen LogP contribution is 2.17. The molecule has 1 atom stereocenters. The molecule has 0 radical (unpaired) electrons. The van der Waals surface area contributed by atoms with Gasteiger partial charge in [-0.15, -0.1) is 11.3 Å². The molecule has 0 fully saturated rings. The van der Waals surface area contributed by atoms with Crippen LogP contribution in [0.15, 0.2) is 36.4 Å². The van der Waals surface area contributed by atoms with Crippen LogP contribution >= 0.6 is 11.3 Å². The van der Waals surface area contributed by atoms with Gasteiger partial charge in [0.2, 0.25) is 5.91 Å². The fraction of sp³-hybridized carbons (Fsp3) is 0.235. The molecule has 0 aliphatic heterocycles. The van der Waals surface area contributed by atoms with Gasteiger partial charge in [-0.3, -0.25) is 9.59 Å². The molecule has 6 nitrogen and oxygen atoms in total. The second-order valence-electron chi connectivity index (χ2n) is 5.21. The van der Waals surface area contributed by atoms with E-state index < -0.39 is 18.0 Å². The van der Waals surface area contributed by atoms with Crippen molar-refractivity contribution >= 4 is 40.5 Å². The first kappa shape index (κ1) is 17.7. The van der Waals surface area contributed by atoms with Gasteiger partial charge in [0.15, 0.2) is 6.10 Å². The second-order valence-corrected chi connectivity index (χ2v) is 6.49. The Morgan fingerprint density at radius 3 is 2.08 bits per heavy atom. The van der Waals surface area contributed by atoms with E-state index in [1.165, 1.54) is 25.2 Å². The summed E-state index contributed by atoms with van der Waals surface area (Å²) >= 11 is 1.32. The average molecular weight is 346 g/mol. The standard InChI is InChI=1S/C17H18N2O4S/c1-10-4-9-15(24-10)17(22)23-11(2)16(21)19-14-7-5-13(6-8-14)18-12(3)20/h4-9,11H,1-3H3,(H,18,20)(H,19,21)/t11-/m0/s1. The van der Waals surface area contributed by atoms with Crippen LogP contribution in [0.1, 0.15) is 28.4 Å². The van der Waals surface area contributed by atoms with Crippen LogP contribution < -0.4 is 10.6 Å².